The van der Waals surface area contributed by atoms with Crippen molar-refractivity contribution in [1.29, 1.82) is 0 Å². The molecule has 0 heterocycles. The largest absolute Gasteiger partial charge is 0.526 e. The van der Waals surface area contributed by atoms with Crippen LogP contribution in [0.1, 0.15) is 20.3 Å². The van der Waals surface area contributed by atoms with Crippen LogP contribution in [0.5, 0.6) is 0 Å². The number of hydrogen-bond donors (Lipinski definition) is 2. The lowest BCUT2D eigenvalue weighted by Gasteiger charge is -2.08. The molecule has 1 atom stereocenters. The Morgan fingerprint density at radius 2 is 1.39 bits per heavy atom. The average molecular weight is 336 g/mol. The number of phosphoric acid groups is 1. The van der Waals surface area contributed by atoms with Crippen LogP contribution in [0.25, 0.3) is 11.1 Å². The Morgan fingerprint density at radius 1 is 1.00 bits per heavy atom. The molecule has 0 radical (unpaired) electrons. The van der Waals surface area contributed by atoms with Gasteiger partial charge in [-0.05, 0) is 17.5 Å². The second kappa shape index (κ2) is 9.26. The van der Waals surface area contributed by atoms with Crippen LogP contribution in [0, 0.1) is 5.92 Å². The fourth-order valence-corrected chi connectivity index (χ4v) is 2.05. The fourth-order valence-electron chi connectivity index (χ4n) is 1.64. The minimum atomic E-state index is -4.64. The van der Waals surface area contributed by atoms with E-state index in [4.69, 9.17) is 9.79 Å². The number of carbonyl (C=O) groups excluding carboxylic acids is 1. The Morgan fingerprint density at radius 3 is 1.70 bits per heavy atom. The highest BCUT2D eigenvalue weighted by Crippen LogP contribution is 2.37. The highest BCUT2D eigenvalue weighted by molar-refractivity contribution is 7.46. The molecule has 0 amide bonds. The van der Waals surface area contributed by atoms with Crippen molar-refractivity contribution < 1.29 is 23.7 Å². The highest BCUT2D eigenvalue weighted by Gasteiger charge is 2.23. The summed E-state index contributed by atoms with van der Waals surface area (Å²) >= 11 is 0. The molecule has 0 spiro atoms. The molecule has 6 heteroatoms. The summed E-state index contributed by atoms with van der Waals surface area (Å²) in [6.07, 6.45) is 0.499. The molecule has 2 rings (SSSR count). The minimum absolute atomic E-state index is 0.470. The Bertz CT molecular complexity index is 599. The van der Waals surface area contributed by atoms with Crippen LogP contribution in [-0.4, -0.2) is 15.8 Å². The average Bonchev–Trinajstić information content (AvgIpc) is 2.55. The maximum Gasteiger partial charge on any atom is 0.526 e. The normalized spacial score (nSPS) is 11.8. The van der Waals surface area contributed by atoms with Gasteiger partial charge in [0.2, 0.25) is 0 Å². The van der Waals surface area contributed by atoms with E-state index in [0.717, 1.165) is 0 Å². The first kappa shape index (κ1) is 19.1. The zero-order valence-electron chi connectivity index (χ0n) is 13.1. The number of phosphoric ester groups is 1. The molecular weight excluding hydrogens is 315 g/mol. The van der Waals surface area contributed by atoms with Crippen molar-refractivity contribution in [2.75, 3.05) is 0 Å². The lowest BCUT2D eigenvalue weighted by molar-refractivity contribution is -0.139. The van der Waals surface area contributed by atoms with Crippen LogP contribution in [0.15, 0.2) is 60.7 Å². The molecule has 0 fully saturated rings. The lowest BCUT2D eigenvalue weighted by Crippen LogP contribution is -2.12. The molecule has 0 bridgehead atoms. The van der Waals surface area contributed by atoms with Crippen molar-refractivity contribution >= 4 is 13.8 Å². The molecule has 5 nitrogen and oxygen atoms in total. The van der Waals surface area contributed by atoms with E-state index in [1.165, 1.54) is 18.1 Å². The van der Waals surface area contributed by atoms with Crippen LogP contribution in [-0.2, 0) is 13.9 Å². The molecule has 0 aliphatic heterocycles. The second-order valence-corrected chi connectivity index (χ2v) is 6.11. The summed E-state index contributed by atoms with van der Waals surface area (Å²) in [6.45, 7) is 3.27. The van der Waals surface area contributed by atoms with Crippen molar-refractivity contribution in [2.45, 2.75) is 20.3 Å². The third kappa shape index (κ3) is 7.75. The maximum absolute atomic E-state index is 10.7. The second-order valence-electron chi connectivity index (χ2n) is 4.94. The zero-order chi connectivity index (χ0) is 17.3. The van der Waals surface area contributed by atoms with Crippen LogP contribution in [0.3, 0.4) is 0 Å². The van der Waals surface area contributed by atoms with E-state index in [-0.39, 0.29) is 0 Å². The van der Waals surface area contributed by atoms with Gasteiger partial charge in [-0.15, -0.1) is 0 Å². The molecule has 2 N–H and O–H groups in total. The maximum atomic E-state index is 10.7. The van der Waals surface area contributed by atoms with Gasteiger partial charge in [0, 0.05) is 0 Å². The lowest BCUT2D eigenvalue weighted by atomic mass is 10.1. The fraction of sp³-hybridized carbons (Fsp3) is 0.235. The predicted molar refractivity (Wildman–Crippen MR) is 89.5 cm³/mol. The topological polar surface area (TPSA) is 83.8 Å². The number of hydrogen-bond acceptors (Lipinski definition) is 3. The number of benzene rings is 2. The summed E-state index contributed by atoms with van der Waals surface area (Å²) in [5, 5.41) is 0. The third-order valence-corrected chi connectivity index (χ3v) is 3.52. The van der Waals surface area contributed by atoms with Crippen molar-refractivity contribution in [2.24, 2.45) is 5.92 Å². The quantitative estimate of drug-likeness (QED) is 0.824. The van der Waals surface area contributed by atoms with Gasteiger partial charge in [0.05, 0.1) is 5.92 Å². The van der Waals surface area contributed by atoms with Crippen molar-refractivity contribution in [3.8, 4) is 11.1 Å². The first-order valence-corrected chi connectivity index (χ1v) is 8.76. The van der Waals surface area contributed by atoms with E-state index in [9.17, 15) is 9.36 Å². The molecular formula is C17H21O5P. The molecule has 1 unspecified atom stereocenters. The summed E-state index contributed by atoms with van der Waals surface area (Å²) in [5.74, 6) is -1.33. The first-order valence-electron chi connectivity index (χ1n) is 7.23. The van der Waals surface area contributed by atoms with Crippen LogP contribution in [0.2, 0.25) is 0 Å². The van der Waals surface area contributed by atoms with Gasteiger partial charge in [0.1, 0.15) is 0 Å². The van der Waals surface area contributed by atoms with Gasteiger partial charge >= 0.3 is 13.8 Å². The Hall–Kier alpha value is -1.94. The van der Waals surface area contributed by atoms with Gasteiger partial charge in [-0.3, -0.25) is 14.6 Å². The molecule has 2 aromatic carbocycles. The van der Waals surface area contributed by atoms with E-state index in [2.05, 4.69) is 53.1 Å². The number of rotatable bonds is 4. The molecule has 2 aromatic rings. The molecule has 0 aliphatic rings. The summed E-state index contributed by atoms with van der Waals surface area (Å²) in [7, 11) is -4.64. The molecule has 0 aliphatic carbocycles. The first-order chi connectivity index (χ1) is 10.8. The van der Waals surface area contributed by atoms with Crippen LogP contribution < -0.4 is 0 Å². The standard InChI is InChI=1S/C12H10.C5H11O5P/c1-3-7-11(8-4-1)12-9-5-2-6-10-12;1-3-4(2)5(6)10-11(7,8)9/h1-10H;4H,3H2,1-2H3,(H2,7,8,9). The van der Waals surface area contributed by atoms with Crippen LogP contribution in [0.4, 0.5) is 0 Å². The van der Waals surface area contributed by atoms with Gasteiger partial charge in [0.25, 0.3) is 0 Å². The highest BCUT2D eigenvalue weighted by atomic mass is 31.2. The van der Waals surface area contributed by atoms with E-state index >= 15 is 0 Å². The monoisotopic (exact) mass is 336 g/mol. The molecule has 0 saturated carbocycles. The van der Waals surface area contributed by atoms with Gasteiger partial charge in [-0.25, -0.2) is 4.57 Å². The van der Waals surface area contributed by atoms with E-state index < -0.39 is 19.7 Å². The SMILES string of the molecule is CCC(C)C(=O)OP(=O)(O)O.c1ccc(-c2ccccc2)cc1. The van der Waals surface area contributed by atoms with Gasteiger partial charge in [0.15, 0.2) is 0 Å². The summed E-state index contributed by atoms with van der Waals surface area (Å²) < 4.78 is 13.9. The minimum Gasteiger partial charge on any atom is -0.370 e. The predicted octanol–water partition coefficient (Wildman–Crippen LogP) is 4.02. The van der Waals surface area contributed by atoms with Gasteiger partial charge in [-0.1, -0.05) is 74.5 Å². The Balaban J connectivity index is 0.000000232. The van der Waals surface area contributed by atoms with Crippen LogP contribution >= 0.6 is 7.82 Å². The summed E-state index contributed by atoms with van der Waals surface area (Å²) in [5.41, 5.74) is 2.55. The molecule has 23 heavy (non-hydrogen) atoms. The Labute approximate surface area is 136 Å². The molecule has 0 aromatic heterocycles. The zero-order valence-corrected chi connectivity index (χ0v) is 14.0. The van der Waals surface area contributed by atoms with E-state index in [0.29, 0.717) is 6.42 Å². The number of carbonyl (C=O) groups is 1. The van der Waals surface area contributed by atoms with Crippen molar-refractivity contribution in [3.05, 3.63) is 60.7 Å². The smallest absolute Gasteiger partial charge is 0.370 e. The Kier molecular flexibility index (Phi) is 7.69. The summed E-state index contributed by atoms with van der Waals surface area (Å²) in [6, 6.07) is 20.8. The molecule has 0 saturated heterocycles. The van der Waals surface area contributed by atoms with E-state index in [1.807, 2.05) is 12.1 Å². The van der Waals surface area contributed by atoms with Crippen molar-refractivity contribution in [1.82, 2.24) is 0 Å². The third-order valence-electron chi connectivity index (χ3n) is 3.10. The van der Waals surface area contributed by atoms with Gasteiger partial charge in [-0.2, -0.15) is 0 Å². The van der Waals surface area contributed by atoms with Gasteiger partial charge < -0.3 is 4.52 Å². The van der Waals surface area contributed by atoms with E-state index in [1.54, 1.807) is 6.92 Å². The summed E-state index contributed by atoms with van der Waals surface area (Å²) in [4.78, 5) is 27.1. The van der Waals surface area contributed by atoms with Crippen molar-refractivity contribution in [3.63, 3.8) is 0 Å². The molecule has 124 valence electrons.